The molecule has 0 aromatic rings. The minimum atomic E-state index is -5.17. The van der Waals surface area contributed by atoms with E-state index in [4.69, 9.17) is 17.5 Å². The smallest absolute Gasteiger partial charge is 0.759 e. The van der Waals surface area contributed by atoms with Crippen molar-refractivity contribution in [1.82, 2.24) is 0 Å². The molecule has 0 heterocycles. The molecular weight excluding hydrogens is 218 g/mol. The number of hydrogen-bond donors (Lipinski definition) is 0. The number of hydrogen-bond acceptors (Lipinski definition) is 4. The SMILES string of the molecule is O=S(=O)([O-])[O-].[Cu+2].[Ni]. The van der Waals surface area contributed by atoms with Crippen molar-refractivity contribution in [3.63, 3.8) is 0 Å². The maximum atomic E-state index is 8.52. The fourth-order valence-electron chi connectivity index (χ4n) is 0. The molecule has 0 amide bonds. The van der Waals surface area contributed by atoms with Crippen molar-refractivity contribution in [2.75, 3.05) is 0 Å². The average Bonchev–Trinajstić information content (AvgIpc) is 0.722. The van der Waals surface area contributed by atoms with Gasteiger partial charge in [0.15, 0.2) is 0 Å². The van der Waals surface area contributed by atoms with E-state index >= 15 is 0 Å². The molecule has 0 N–H and O–H groups in total. The predicted octanol–water partition coefficient (Wildman–Crippen LogP) is -1.34. The summed E-state index contributed by atoms with van der Waals surface area (Å²) < 4.78 is 34.1. The molecule has 0 rings (SSSR count). The summed E-state index contributed by atoms with van der Waals surface area (Å²) in [5.41, 5.74) is 0. The zero-order valence-corrected chi connectivity index (χ0v) is 5.40. The van der Waals surface area contributed by atoms with Crippen LogP contribution in [0, 0.1) is 0 Å². The monoisotopic (exact) mass is 217 g/mol. The maximum Gasteiger partial charge on any atom is 2.00 e. The number of rotatable bonds is 0. The summed E-state index contributed by atoms with van der Waals surface area (Å²) in [5.74, 6) is 0. The minimum absolute atomic E-state index is 0. The summed E-state index contributed by atoms with van der Waals surface area (Å²) >= 11 is 0. The predicted molar refractivity (Wildman–Crippen MR) is 10.5 cm³/mol. The molecule has 7 heavy (non-hydrogen) atoms. The largest absolute Gasteiger partial charge is 2.00 e. The standard InChI is InChI=1S/Cu.Ni.H2O4S/c;;1-5(2,3)4/h;;(H2,1,2,3,4)/q+2;;/p-2. The Hall–Kier alpha value is 0.883. The van der Waals surface area contributed by atoms with Crippen LogP contribution < -0.4 is 0 Å². The molecule has 0 aliphatic carbocycles. The van der Waals surface area contributed by atoms with Gasteiger partial charge in [-0.05, 0) is 0 Å². The molecule has 7 heteroatoms. The van der Waals surface area contributed by atoms with Crippen molar-refractivity contribution in [2.45, 2.75) is 0 Å². The van der Waals surface area contributed by atoms with E-state index in [9.17, 15) is 0 Å². The first kappa shape index (κ1) is 15.7. The van der Waals surface area contributed by atoms with Crippen LogP contribution in [0.3, 0.4) is 0 Å². The first-order valence-corrected chi connectivity index (χ1v) is 2.00. The van der Waals surface area contributed by atoms with E-state index in [1.54, 1.807) is 0 Å². The molecule has 0 fully saturated rings. The zero-order chi connectivity index (χ0) is 4.50. The average molecular weight is 218 g/mol. The fraction of sp³-hybridized carbons (Fsp3) is 0. The van der Waals surface area contributed by atoms with Gasteiger partial charge >= 0.3 is 17.1 Å². The second-order valence-electron chi connectivity index (χ2n) is 0.408. The van der Waals surface area contributed by atoms with Crippen molar-refractivity contribution >= 4 is 10.4 Å². The van der Waals surface area contributed by atoms with Gasteiger partial charge < -0.3 is 9.11 Å². The Balaban J connectivity index is -0.0000000800. The van der Waals surface area contributed by atoms with Crippen LogP contribution in [0.25, 0.3) is 0 Å². The van der Waals surface area contributed by atoms with Crippen molar-refractivity contribution in [3.05, 3.63) is 0 Å². The summed E-state index contributed by atoms with van der Waals surface area (Å²) in [6.07, 6.45) is 0. The van der Waals surface area contributed by atoms with Crippen LogP contribution >= 0.6 is 0 Å². The van der Waals surface area contributed by atoms with E-state index in [-0.39, 0.29) is 33.6 Å². The Morgan fingerprint density at radius 1 is 1.14 bits per heavy atom. The van der Waals surface area contributed by atoms with Crippen LogP contribution in [0.4, 0.5) is 0 Å². The van der Waals surface area contributed by atoms with Crippen molar-refractivity contribution in [3.8, 4) is 0 Å². The third-order valence-electron chi connectivity index (χ3n) is 0. The van der Waals surface area contributed by atoms with Gasteiger partial charge in [0, 0.05) is 26.9 Å². The Morgan fingerprint density at radius 3 is 1.14 bits per heavy atom. The van der Waals surface area contributed by atoms with E-state index < -0.39 is 10.4 Å². The van der Waals surface area contributed by atoms with Crippen LogP contribution in [0.15, 0.2) is 0 Å². The summed E-state index contributed by atoms with van der Waals surface area (Å²) in [6.45, 7) is 0. The molecule has 0 aromatic heterocycles. The van der Waals surface area contributed by atoms with E-state index in [2.05, 4.69) is 0 Å². The van der Waals surface area contributed by atoms with Crippen molar-refractivity contribution in [1.29, 1.82) is 0 Å². The van der Waals surface area contributed by atoms with Gasteiger partial charge in [0.2, 0.25) is 0 Å². The molecule has 0 unspecified atom stereocenters. The van der Waals surface area contributed by atoms with Crippen molar-refractivity contribution < 1.29 is 51.1 Å². The fourth-order valence-corrected chi connectivity index (χ4v) is 0. The molecule has 0 aliphatic rings. The molecule has 0 bridgehead atoms. The molecule has 0 saturated heterocycles. The van der Waals surface area contributed by atoms with Gasteiger partial charge in [-0.2, -0.15) is 0 Å². The normalized spacial score (nSPS) is 8.29. The first-order valence-electron chi connectivity index (χ1n) is 0.667. The molecule has 0 aliphatic heterocycles. The third kappa shape index (κ3) is 210. The summed E-state index contributed by atoms with van der Waals surface area (Å²) in [4.78, 5) is 0. The topological polar surface area (TPSA) is 80.3 Å². The van der Waals surface area contributed by atoms with Gasteiger partial charge in [0.1, 0.15) is 0 Å². The van der Waals surface area contributed by atoms with Gasteiger partial charge in [-0.15, -0.1) is 0 Å². The summed E-state index contributed by atoms with van der Waals surface area (Å²) in [6, 6.07) is 0. The Labute approximate surface area is 61.6 Å². The van der Waals surface area contributed by atoms with Crippen molar-refractivity contribution in [2.24, 2.45) is 0 Å². The van der Waals surface area contributed by atoms with E-state index in [1.165, 1.54) is 0 Å². The second kappa shape index (κ2) is 5.03. The first-order chi connectivity index (χ1) is 2.00. The van der Waals surface area contributed by atoms with Gasteiger partial charge in [-0.1, -0.05) is 0 Å². The van der Waals surface area contributed by atoms with Crippen LogP contribution in [0.1, 0.15) is 0 Å². The summed E-state index contributed by atoms with van der Waals surface area (Å²) in [7, 11) is -5.17. The summed E-state index contributed by atoms with van der Waals surface area (Å²) in [5, 5.41) is 0. The van der Waals surface area contributed by atoms with E-state index in [0.29, 0.717) is 0 Å². The van der Waals surface area contributed by atoms with E-state index in [0.717, 1.165) is 0 Å². The molecule has 4 nitrogen and oxygen atoms in total. The second-order valence-corrected chi connectivity index (χ2v) is 1.22. The quantitative estimate of drug-likeness (QED) is 0.286. The third-order valence-corrected chi connectivity index (χ3v) is 0. The van der Waals surface area contributed by atoms with Crippen LogP contribution in [-0.4, -0.2) is 17.5 Å². The zero-order valence-electron chi connectivity index (χ0n) is 2.66. The van der Waals surface area contributed by atoms with Crippen LogP contribution in [0.2, 0.25) is 0 Å². The minimum Gasteiger partial charge on any atom is -0.759 e. The molecule has 0 atom stereocenters. The van der Waals surface area contributed by atoms with Gasteiger partial charge in [-0.3, -0.25) is 8.42 Å². The van der Waals surface area contributed by atoms with Gasteiger partial charge in [0.25, 0.3) is 0 Å². The molecule has 0 spiro atoms. The molecular formula is CuNiO4S. The molecule has 51 valence electrons. The Kier molecular flexibility index (Phi) is 11.3. The molecule has 0 saturated carbocycles. The van der Waals surface area contributed by atoms with Gasteiger partial charge in [-0.25, -0.2) is 0 Å². The Bertz CT molecular complexity index is 94.9. The maximum absolute atomic E-state index is 8.52. The van der Waals surface area contributed by atoms with Gasteiger partial charge in [0.05, 0.1) is 0 Å². The molecule has 0 aromatic carbocycles. The van der Waals surface area contributed by atoms with Crippen LogP contribution in [-0.2, 0) is 44.0 Å². The van der Waals surface area contributed by atoms with E-state index in [1.807, 2.05) is 0 Å². The molecule has 1 radical (unpaired) electrons. The Morgan fingerprint density at radius 2 is 1.14 bits per heavy atom. The van der Waals surface area contributed by atoms with Crippen LogP contribution in [0.5, 0.6) is 0 Å².